The fourth-order valence-electron chi connectivity index (χ4n) is 2.39. The second-order valence-electron chi connectivity index (χ2n) is 4.98. The fourth-order valence-corrected chi connectivity index (χ4v) is 2.39. The standard InChI is InChI=1S/C15H28N4O/c1-6-12(7-2)19(9-10-20-5)15-11(4)14(16)17-13(8-3)18-15/h12H,6-10H2,1-5H3,(H2,16,17,18). The van der Waals surface area contributed by atoms with E-state index < -0.39 is 0 Å². The monoisotopic (exact) mass is 280 g/mol. The van der Waals surface area contributed by atoms with Gasteiger partial charge in [0, 0.05) is 31.7 Å². The van der Waals surface area contributed by atoms with Crippen LogP contribution in [0.2, 0.25) is 0 Å². The van der Waals surface area contributed by atoms with E-state index in [1.165, 1.54) is 0 Å². The van der Waals surface area contributed by atoms with E-state index in [4.69, 9.17) is 15.5 Å². The van der Waals surface area contributed by atoms with E-state index in [1.54, 1.807) is 7.11 Å². The van der Waals surface area contributed by atoms with E-state index in [0.29, 0.717) is 18.5 Å². The Labute approximate surface area is 122 Å². The summed E-state index contributed by atoms with van der Waals surface area (Å²) < 4.78 is 5.24. The van der Waals surface area contributed by atoms with Gasteiger partial charge in [0.15, 0.2) is 0 Å². The molecular formula is C15H28N4O. The van der Waals surface area contributed by atoms with Crippen molar-refractivity contribution in [2.75, 3.05) is 30.9 Å². The number of anilines is 2. The lowest BCUT2D eigenvalue weighted by Crippen LogP contribution is -2.38. The largest absolute Gasteiger partial charge is 0.383 e. The molecule has 114 valence electrons. The second-order valence-corrected chi connectivity index (χ2v) is 4.98. The summed E-state index contributed by atoms with van der Waals surface area (Å²) >= 11 is 0. The lowest BCUT2D eigenvalue weighted by Gasteiger charge is -2.33. The Balaban J connectivity index is 3.20. The van der Waals surface area contributed by atoms with E-state index in [9.17, 15) is 0 Å². The molecule has 0 unspecified atom stereocenters. The summed E-state index contributed by atoms with van der Waals surface area (Å²) in [5, 5.41) is 0. The predicted octanol–water partition coefficient (Wildman–Crippen LogP) is 2.57. The van der Waals surface area contributed by atoms with Crippen molar-refractivity contribution in [1.82, 2.24) is 9.97 Å². The highest BCUT2D eigenvalue weighted by Crippen LogP contribution is 2.25. The van der Waals surface area contributed by atoms with Crippen molar-refractivity contribution >= 4 is 11.6 Å². The Hall–Kier alpha value is -1.36. The van der Waals surface area contributed by atoms with Crippen LogP contribution in [0.15, 0.2) is 0 Å². The van der Waals surface area contributed by atoms with Crippen LogP contribution in [0.1, 0.15) is 45.0 Å². The molecule has 0 atom stereocenters. The maximum Gasteiger partial charge on any atom is 0.137 e. The molecule has 0 radical (unpaired) electrons. The Morgan fingerprint density at radius 1 is 1.20 bits per heavy atom. The maximum atomic E-state index is 6.04. The molecule has 1 heterocycles. The van der Waals surface area contributed by atoms with Crippen LogP contribution in [0.25, 0.3) is 0 Å². The van der Waals surface area contributed by atoms with Crippen molar-refractivity contribution in [2.24, 2.45) is 0 Å². The van der Waals surface area contributed by atoms with E-state index in [2.05, 4.69) is 23.7 Å². The van der Waals surface area contributed by atoms with E-state index in [0.717, 1.165) is 43.0 Å². The van der Waals surface area contributed by atoms with Crippen molar-refractivity contribution in [3.8, 4) is 0 Å². The van der Waals surface area contributed by atoms with Crippen LogP contribution >= 0.6 is 0 Å². The van der Waals surface area contributed by atoms with Gasteiger partial charge in [-0.05, 0) is 19.8 Å². The lowest BCUT2D eigenvalue weighted by molar-refractivity contribution is 0.202. The zero-order valence-electron chi connectivity index (χ0n) is 13.4. The number of aromatic nitrogens is 2. The van der Waals surface area contributed by atoms with E-state index >= 15 is 0 Å². The fraction of sp³-hybridized carbons (Fsp3) is 0.733. The van der Waals surface area contributed by atoms with Gasteiger partial charge in [-0.1, -0.05) is 20.8 Å². The summed E-state index contributed by atoms with van der Waals surface area (Å²) in [5.74, 6) is 2.34. The van der Waals surface area contributed by atoms with E-state index in [1.807, 2.05) is 13.8 Å². The molecule has 0 amide bonds. The van der Waals surface area contributed by atoms with Gasteiger partial charge < -0.3 is 15.4 Å². The minimum Gasteiger partial charge on any atom is -0.383 e. The average molecular weight is 280 g/mol. The molecule has 0 bridgehead atoms. The van der Waals surface area contributed by atoms with E-state index in [-0.39, 0.29) is 0 Å². The van der Waals surface area contributed by atoms with Crippen molar-refractivity contribution in [2.45, 2.75) is 53.0 Å². The molecule has 5 heteroatoms. The van der Waals surface area contributed by atoms with Crippen molar-refractivity contribution in [1.29, 1.82) is 0 Å². The lowest BCUT2D eigenvalue weighted by atomic mass is 10.1. The molecule has 0 saturated heterocycles. The van der Waals surface area contributed by atoms with Crippen LogP contribution in [0.5, 0.6) is 0 Å². The predicted molar refractivity (Wildman–Crippen MR) is 84.2 cm³/mol. The van der Waals surface area contributed by atoms with Crippen molar-refractivity contribution in [3.63, 3.8) is 0 Å². The Bertz CT molecular complexity index is 419. The number of methoxy groups -OCH3 is 1. The maximum absolute atomic E-state index is 6.04. The Kier molecular flexibility index (Phi) is 6.71. The first-order valence-electron chi connectivity index (χ1n) is 7.47. The first kappa shape index (κ1) is 16.7. The van der Waals surface area contributed by atoms with Gasteiger partial charge in [-0.3, -0.25) is 0 Å². The molecule has 0 aliphatic rings. The summed E-state index contributed by atoms with van der Waals surface area (Å²) in [6, 6.07) is 0.447. The molecule has 1 aromatic heterocycles. The van der Waals surface area contributed by atoms with Crippen LogP contribution in [0.3, 0.4) is 0 Å². The van der Waals surface area contributed by atoms with Crippen molar-refractivity contribution in [3.05, 3.63) is 11.4 Å². The number of nitrogen functional groups attached to an aromatic ring is 1. The molecule has 0 spiro atoms. The van der Waals surface area contributed by atoms with Gasteiger partial charge in [0.2, 0.25) is 0 Å². The molecule has 0 aliphatic carbocycles. The molecule has 0 fully saturated rings. The number of ether oxygens (including phenoxy) is 1. The highest BCUT2D eigenvalue weighted by molar-refractivity contribution is 5.57. The molecule has 1 aromatic rings. The third-order valence-electron chi connectivity index (χ3n) is 3.71. The summed E-state index contributed by atoms with van der Waals surface area (Å²) in [5.41, 5.74) is 7.00. The van der Waals surface area contributed by atoms with Crippen LogP contribution in [-0.2, 0) is 11.2 Å². The summed E-state index contributed by atoms with van der Waals surface area (Å²) in [4.78, 5) is 11.4. The van der Waals surface area contributed by atoms with Gasteiger partial charge in [-0.15, -0.1) is 0 Å². The number of aryl methyl sites for hydroxylation is 1. The minimum absolute atomic E-state index is 0.447. The quantitative estimate of drug-likeness (QED) is 0.793. The smallest absolute Gasteiger partial charge is 0.137 e. The number of nitrogens with zero attached hydrogens (tertiary/aromatic N) is 3. The summed E-state index contributed by atoms with van der Waals surface area (Å²) in [6.45, 7) is 9.95. The molecular weight excluding hydrogens is 252 g/mol. The number of hydrogen-bond donors (Lipinski definition) is 1. The van der Waals surface area contributed by atoms with Gasteiger partial charge in [-0.25, -0.2) is 9.97 Å². The zero-order chi connectivity index (χ0) is 15.1. The second kappa shape index (κ2) is 8.04. The molecule has 0 aromatic carbocycles. The first-order valence-corrected chi connectivity index (χ1v) is 7.47. The third kappa shape index (κ3) is 3.82. The van der Waals surface area contributed by atoms with Crippen LogP contribution < -0.4 is 10.6 Å². The van der Waals surface area contributed by atoms with Gasteiger partial charge in [-0.2, -0.15) is 0 Å². The number of hydrogen-bond acceptors (Lipinski definition) is 5. The van der Waals surface area contributed by atoms with Gasteiger partial charge in [0.05, 0.1) is 6.61 Å². The third-order valence-corrected chi connectivity index (χ3v) is 3.71. The zero-order valence-corrected chi connectivity index (χ0v) is 13.4. The van der Waals surface area contributed by atoms with Crippen LogP contribution in [-0.4, -0.2) is 36.3 Å². The molecule has 1 rings (SSSR count). The molecule has 0 saturated carbocycles. The Morgan fingerprint density at radius 2 is 1.85 bits per heavy atom. The normalized spacial score (nSPS) is 11.1. The summed E-state index contributed by atoms with van der Waals surface area (Å²) in [7, 11) is 1.73. The first-order chi connectivity index (χ1) is 9.58. The molecule has 2 N–H and O–H groups in total. The highest BCUT2D eigenvalue weighted by Gasteiger charge is 2.20. The van der Waals surface area contributed by atoms with Crippen LogP contribution in [0, 0.1) is 6.92 Å². The topological polar surface area (TPSA) is 64.3 Å². The molecule has 20 heavy (non-hydrogen) atoms. The SMILES string of the molecule is CCc1nc(N)c(C)c(N(CCOC)C(CC)CC)n1. The number of nitrogens with two attached hydrogens (primary N) is 1. The summed E-state index contributed by atoms with van der Waals surface area (Å²) in [6.07, 6.45) is 2.94. The number of rotatable bonds is 8. The molecule has 0 aliphatic heterocycles. The minimum atomic E-state index is 0.447. The average Bonchev–Trinajstić information content (AvgIpc) is 2.46. The van der Waals surface area contributed by atoms with Gasteiger partial charge in [0.1, 0.15) is 17.5 Å². The van der Waals surface area contributed by atoms with Crippen molar-refractivity contribution < 1.29 is 4.74 Å². The Morgan fingerprint density at radius 3 is 2.35 bits per heavy atom. The van der Waals surface area contributed by atoms with Crippen LogP contribution in [0.4, 0.5) is 11.6 Å². The van der Waals surface area contributed by atoms with Gasteiger partial charge >= 0.3 is 0 Å². The van der Waals surface area contributed by atoms with Gasteiger partial charge in [0.25, 0.3) is 0 Å². The highest BCUT2D eigenvalue weighted by atomic mass is 16.5. The molecule has 5 nitrogen and oxygen atoms in total.